The fourth-order valence-electron chi connectivity index (χ4n) is 1.57. The molecule has 0 aliphatic carbocycles. The molecule has 5 heteroatoms. The van der Waals surface area contributed by atoms with Gasteiger partial charge in [0.2, 0.25) is 0 Å². The molecular weight excluding hydrogens is 228 g/mol. The second-order valence-corrected chi connectivity index (χ2v) is 3.73. The summed E-state index contributed by atoms with van der Waals surface area (Å²) in [5, 5.41) is 3.22. The topological polar surface area (TPSA) is 59.9 Å². The Morgan fingerprint density at radius 1 is 1.22 bits per heavy atom. The van der Waals surface area contributed by atoms with Crippen LogP contribution >= 0.6 is 0 Å². The van der Waals surface area contributed by atoms with Gasteiger partial charge in [0, 0.05) is 12.4 Å². The van der Waals surface area contributed by atoms with Gasteiger partial charge in [0.25, 0.3) is 0 Å². The summed E-state index contributed by atoms with van der Waals surface area (Å²) >= 11 is 0. The first kappa shape index (κ1) is 12.3. The Hall–Kier alpha value is -2.17. The van der Waals surface area contributed by atoms with Crippen molar-refractivity contribution in [1.29, 1.82) is 0 Å². The number of nitrogens with one attached hydrogen (secondary N) is 1. The highest BCUT2D eigenvalue weighted by Crippen LogP contribution is 2.20. The quantitative estimate of drug-likeness (QED) is 0.873. The Bertz CT molecular complexity index is 516. The van der Waals surface area contributed by atoms with Crippen LogP contribution in [0.4, 0.5) is 5.82 Å². The number of hydrogen-bond acceptors (Lipinski definition) is 5. The van der Waals surface area contributed by atoms with Crippen molar-refractivity contribution in [3.05, 3.63) is 42.1 Å². The molecule has 2 heterocycles. The van der Waals surface area contributed by atoms with Crippen LogP contribution in [0.2, 0.25) is 0 Å². The second kappa shape index (κ2) is 5.95. The van der Waals surface area contributed by atoms with E-state index in [0.717, 1.165) is 23.1 Å². The third kappa shape index (κ3) is 3.16. The molecule has 5 nitrogen and oxygen atoms in total. The lowest BCUT2D eigenvalue weighted by Gasteiger charge is -2.10. The molecule has 2 rings (SSSR count). The maximum Gasteiger partial charge on any atom is 0.169 e. The van der Waals surface area contributed by atoms with Gasteiger partial charge in [0.1, 0.15) is 5.82 Å². The molecule has 2 aromatic rings. The molecular formula is C13H16N4O. The minimum atomic E-state index is 0.598. The molecule has 0 amide bonds. The lowest BCUT2D eigenvalue weighted by atomic mass is 10.3. The molecule has 0 spiro atoms. The molecule has 0 saturated heterocycles. The van der Waals surface area contributed by atoms with E-state index in [0.29, 0.717) is 13.2 Å². The standard InChI is InChI=1S/C13H16N4O/c1-3-18-12-5-4-7-15-13(12)16-9-11-6-8-14-10(2)17-11/h4-8H,3,9H2,1-2H3,(H,15,16). The van der Waals surface area contributed by atoms with Crippen LogP contribution in [0, 0.1) is 6.92 Å². The Balaban J connectivity index is 2.06. The first-order valence-electron chi connectivity index (χ1n) is 5.90. The minimum Gasteiger partial charge on any atom is -0.490 e. The van der Waals surface area contributed by atoms with Gasteiger partial charge in [-0.25, -0.2) is 15.0 Å². The number of aromatic nitrogens is 3. The average Bonchev–Trinajstić information content (AvgIpc) is 2.38. The van der Waals surface area contributed by atoms with Crippen molar-refractivity contribution in [3.63, 3.8) is 0 Å². The fraction of sp³-hybridized carbons (Fsp3) is 0.308. The van der Waals surface area contributed by atoms with Gasteiger partial charge in [-0.2, -0.15) is 0 Å². The van der Waals surface area contributed by atoms with Crippen LogP contribution in [0.25, 0.3) is 0 Å². The largest absolute Gasteiger partial charge is 0.490 e. The second-order valence-electron chi connectivity index (χ2n) is 3.73. The molecule has 0 aromatic carbocycles. The van der Waals surface area contributed by atoms with E-state index in [-0.39, 0.29) is 0 Å². The number of hydrogen-bond donors (Lipinski definition) is 1. The summed E-state index contributed by atoms with van der Waals surface area (Å²) in [4.78, 5) is 12.6. The van der Waals surface area contributed by atoms with Crippen molar-refractivity contribution in [2.24, 2.45) is 0 Å². The zero-order valence-electron chi connectivity index (χ0n) is 10.6. The molecule has 18 heavy (non-hydrogen) atoms. The van der Waals surface area contributed by atoms with Crippen LogP contribution in [-0.4, -0.2) is 21.6 Å². The highest BCUT2D eigenvalue weighted by atomic mass is 16.5. The monoisotopic (exact) mass is 244 g/mol. The van der Waals surface area contributed by atoms with Crippen molar-refractivity contribution >= 4 is 5.82 Å². The van der Waals surface area contributed by atoms with Crippen LogP contribution in [0.5, 0.6) is 5.75 Å². The van der Waals surface area contributed by atoms with Gasteiger partial charge in [-0.15, -0.1) is 0 Å². The Morgan fingerprint density at radius 2 is 2.11 bits per heavy atom. The summed E-state index contributed by atoms with van der Waals surface area (Å²) in [6, 6.07) is 5.62. The Morgan fingerprint density at radius 3 is 2.89 bits per heavy atom. The van der Waals surface area contributed by atoms with E-state index in [2.05, 4.69) is 20.3 Å². The lowest BCUT2D eigenvalue weighted by molar-refractivity contribution is 0.340. The molecule has 94 valence electrons. The molecule has 1 N–H and O–H groups in total. The fourth-order valence-corrected chi connectivity index (χ4v) is 1.57. The minimum absolute atomic E-state index is 0.598. The van der Waals surface area contributed by atoms with Crippen molar-refractivity contribution in [1.82, 2.24) is 15.0 Å². The normalized spacial score (nSPS) is 10.1. The van der Waals surface area contributed by atoms with Gasteiger partial charge in [0.05, 0.1) is 18.8 Å². The van der Waals surface area contributed by atoms with Crippen LogP contribution in [0.15, 0.2) is 30.6 Å². The van der Waals surface area contributed by atoms with E-state index >= 15 is 0 Å². The first-order chi connectivity index (χ1) is 8.79. The van der Waals surface area contributed by atoms with Crippen molar-refractivity contribution in [2.75, 3.05) is 11.9 Å². The number of ether oxygens (including phenoxy) is 1. The third-order valence-corrected chi connectivity index (χ3v) is 2.34. The van der Waals surface area contributed by atoms with Gasteiger partial charge < -0.3 is 10.1 Å². The number of pyridine rings is 1. The SMILES string of the molecule is CCOc1cccnc1NCc1ccnc(C)n1. The van der Waals surface area contributed by atoms with Crippen LogP contribution in [0.3, 0.4) is 0 Å². The van der Waals surface area contributed by atoms with E-state index in [9.17, 15) is 0 Å². The van der Waals surface area contributed by atoms with Crippen molar-refractivity contribution in [3.8, 4) is 5.75 Å². The number of anilines is 1. The zero-order valence-corrected chi connectivity index (χ0v) is 10.6. The highest BCUT2D eigenvalue weighted by molar-refractivity contribution is 5.49. The highest BCUT2D eigenvalue weighted by Gasteiger charge is 2.04. The maximum atomic E-state index is 5.49. The molecule has 0 unspecified atom stereocenters. The number of nitrogens with zero attached hydrogens (tertiary/aromatic N) is 3. The van der Waals surface area contributed by atoms with Crippen LogP contribution in [-0.2, 0) is 6.54 Å². The predicted molar refractivity (Wildman–Crippen MR) is 69.5 cm³/mol. The Kier molecular flexibility index (Phi) is 4.06. The lowest BCUT2D eigenvalue weighted by Crippen LogP contribution is -2.06. The summed E-state index contributed by atoms with van der Waals surface area (Å²) < 4.78 is 5.49. The van der Waals surface area contributed by atoms with Gasteiger partial charge >= 0.3 is 0 Å². The van der Waals surface area contributed by atoms with Crippen molar-refractivity contribution < 1.29 is 4.74 Å². The Labute approximate surface area is 106 Å². The third-order valence-electron chi connectivity index (χ3n) is 2.34. The summed E-state index contributed by atoms with van der Waals surface area (Å²) in [6.45, 7) is 5.04. The molecule has 0 atom stereocenters. The van der Waals surface area contributed by atoms with E-state index in [1.807, 2.05) is 32.0 Å². The molecule has 0 fully saturated rings. The molecule has 2 aromatic heterocycles. The number of aryl methyl sites for hydroxylation is 1. The summed E-state index contributed by atoms with van der Waals surface area (Å²) in [7, 11) is 0. The van der Waals surface area contributed by atoms with E-state index in [4.69, 9.17) is 4.74 Å². The molecule has 0 radical (unpaired) electrons. The van der Waals surface area contributed by atoms with Gasteiger partial charge in [-0.3, -0.25) is 0 Å². The van der Waals surface area contributed by atoms with E-state index in [1.165, 1.54) is 0 Å². The van der Waals surface area contributed by atoms with Gasteiger partial charge in [0.15, 0.2) is 11.6 Å². The van der Waals surface area contributed by atoms with Crippen molar-refractivity contribution in [2.45, 2.75) is 20.4 Å². The average molecular weight is 244 g/mol. The van der Waals surface area contributed by atoms with Gasteiger partial charge in [-0.05, 0) is 32.0 Å². The summed E-state index contributed by atoms with van der Waals surface area (Å²) in [5.41, 5.74) is 0.926. The molecule has 0 bridgehead atoms. The van der Waals surface area contributed by atoms with Gasteiger partial charge in [-0.1, -0.05) is 0 Å². The molecule has 0 aliphatic heterocycles. The maximum absolute atomic E-state index is 5.49. The molecule has 0 aliphatic rings. The number of rotatable bonds is 5. The van der Waals surface area contributed by atoms with Crippen LogP contribution in [0.1, 0.15) is 18.4 Å². The predicted octanol–water partition coefficient (Wildman–Crippen LogP) is 2.19. The summed E-state index contributed by atoms with van der Waals surface area (Å²) in [6.07, 6.45) is 3.48. The van der Waals surface area contributed by atoms with E-state index in [1.54, 1.807) is 12.4 Å². The molecule has 0 saturated carbocycles. The zero-order chi connectivity index (χ0) is 12.8. The first-order valence-corrected chi connectivity index (χ1v) is 5.90. The van der Waals surface area contributed by atoms with E-state index < -0.39 is 0 Å². The van der Waals surface area contributed by atoms with Crippen LogP contribution < -0.4 is 10.1 Å². The smallest absolute Gasteiger partial charge is 0.169 e. The summed E-state index contributed by atoms with van der Waals surface area (Å²) in [5.74, 6) is 2.25.